The standard InChI is InChI=1S/C27H24F2N6O2/c1-26(2)16-6-8-27(26,23-15(16)10-19(34-35-23)22-17(28)4-3-5-18(22)29)21-7-9-30-24(33-21)14-11-31-25(32-12-14)20(37)13-36/h3-5,7,9-12,16,20,36-37H,6,8,13H2,1-2H3/t16-,20-,27+/m0/s1. The predicted octanol–water partition coefficient (Wildman–Crippen LogP) is 3.90. The average molecular weight is 503 g/mol. The van der Waals surface area contributed by atoms with E-state index in [1.807, 2.05) is 6.07 Å². The first-order chi connectivity index (χ1) is 17.8. The van der Waals surface area contributed by atoms with Gasteiger partial charge in [-0.2, -0.15) is 5.10 Å². The Labute approximate surface area is 211 Å². The zero-order valence-electron chi connectivity index (χ0n) is 20.2. The van der Waals surface area contributed by atoms with Crippen LogP contribution in [0.2, 0.25) is 0 Å². The fraction of sp³-hybridized carbons (Fsp3) is 0.333. The van der Waals surface area contributed by atoms with Crippen molar-refractivity contribution in [2.24, 2.45) is 5.41 Å². The van der Waals surface area contributed by atoms with Crippen molar-refractivity contribution < 1.29 is 19.0 Å². The van der Waals surface area contributed by atoms with E-state index in [0.717, 1.165) is 29.8 Å². The number of rotatable bonds is 5. The molecule has 1 saturated carbocycles. The molecule has 3 aromatic heterocycles. The molecule has 0 saturated heterocycles. The molecule has 188 valence electrons. The zero-order valence-corrected chi connectivity index (χ0v) is 20.2. The molecule has 8 nitrogen and oxygen atoms in total. The van der Waals surface area contributed by atoms with Gasteiger partial charge in [-0.3, -0.25) is 0 Å². The minimum atomic E-state index is -1.16. The number of aliphatic hydroxyl groups excluding tert-OH is 2. The van der Waals surface area contributed by atoms with Gasteiger partial charge in [-0.25, -0.2) is 28.7 Å². The fourth-order valence-electron chi connectivity index (χ4n) is 6.20. The van der Waals surface area contributed by atoms with Crippen molar-refractivity contribution in [1.29, 1.82) is 0 Å². The molecule has 3 atom stereocenters. The van der Waals surface area contributed by atoms with E-state index in [0.29, 0.717) is 11.4 Å². The van der Waals surface area contributed by atoms with Gasteiger partial charge in [0.25, 0.3) is 0 Å². The molecule has 6 rings (SSSR count). The Hall–Kier alpha value is -3.76. The molecule has 2 aliphatic carbocycles. The second kappa shape index (κ2) is 8.39. The Kier molecular flexibility index (Phi) is 5.36. The van der Waals surface area contributed by atoms with Crippen LogP contribution in [0.1, 0.15) is 61.5 Å². The van der Waals surface area contributed by atoms with Crippen molar-refractivity contribution in [2.45, 2.75) is 44.1 Å². The second-order valence-electron chi connectivity index (χ2n) is 10.1. The summed E-state index contributed by atoms with van der Waals surface area (Å²) in [6.45, 7) is 3.87. The van der Waals surface area contributed by atoms with Crippen molar-refractivity contribution in [3.05, 3.63) is 83.3 Å². The van der Waals surface area contributed by atoms with E-state index >= 15 is 0 Å². The highest BCUT2D eigenvalue weighted by Crippen LogP contribution is 2.69. The highest BCUT2D eigenvalue weighted by atomic mass is 19.1. The SMILES string of the molecule is CC1(C)[C@H]2CC[C@@]1(c1ccnc(-c3cnc([C@@H](O)CO)nc3)n1)c1nnc(-c3c(F)cccc3F)cc12. The summed E-state index contributed by atoms with van der Waals surface area (Å²) in [7, 11) is 0. The van der Waals surface area contributed by atoms with E-state index in [9.17, 15) is 13.9 Å². The largest absolute Gasteiger partial charge is 0.393 e. The molecule has 0 aliphatic heterocycles. The van der Waals surface area contributed by atoms with Gasteiger partial charge in [-0.15, -0.1) is 5.10 Å². The number of aliphatic hydroxyl groups is 2. The predicted molar refractivity (Wildman–Crippen MR) is 129 cm³/mol. The third kappa shape index (κ3) is 3.32. The second-order valence-corrected chi connectivity index (χ2v) is 10.1. The lowest BCUT2D eigenvalue weighted by Crippen LogP contribution is -2.38. The molecular weight excluding hydrogens is 478 g/mol. The summed E-state index contributed by atoms with van der Waals surface area (Å²) in [5, 5.41) is 27.7. The Bertz CT molecular complexity index is 1490. The topological polar surface area (TPSA) is 118 Å². The molecular formula is C27H24F2N6O2. The van der Waals surface area contributed by atoms with Crippen LogP contribution in [-0.2, 0) is 5.41 Å². The van der Waals surface area contributed by atoms with Crippen LogP contribution in [0.25, 0.3) is 22.6 Å². The van der Waals surface area contributed by atoms with Gasteiger partial charge < -0.3 is 10.2 Å². The normalized spacial score (nSPS) is 22.2. The van der Waals surface area contributed by atoms with E-state index in [4.69, 9.17) is 10.1 Å². The average Bonchev–Trinajstić information content (AvgIpc) is 3.29. The number of halogens is 2. The van der Waals surface area contributed by atoms with E-state index in [2.05, 4.69) is 39.0 Å². The number of fused-ring (bicyclic) bond motifs is 5. The van der Waals surface area contributed by atoms with E-state index in [1.165, 1.54) is 30.6 Å². The van der Waals surface area contributed by atoms with Crippen LogP contribution < -0.4 is 0 Å². The number of aromatic nitrogens is 6. The van der Waals surface area contributed by atoms with Crippen LogP contribution >= 0.6 is 0 Å². The molecule has 37 heavy (non-hydrogen) atoms. The van der Waals surface area contributed by atoms with E-state index < -0.39 is 29.8 Å². The summed E-state index contributed by atoms with van der Waals surface area (Å²) in [6.07, 6.45) is 5.22. The maximum Gasteiger partial charge on any atom is 0.162 e. The molecule has 0 radical (unpaired) electrons. The fourth-order valence-corrected chi connectivity index (χ4v) is 6.20. The summed E-state index contributed by atoms with van der Waals surface area (Å²) < 4.78 is 29.0. The van der Waals surface area contributed by atoms with Crippen molar-refractivity contribution in [2.75, 3.05) is 6.61 Å². The number of hydrogen-bond donors (Lipinski definition) is 2. The summed E-state index contributed by atoms with van der Waals surface area (Å²) in [5.41, 5.74) is 2.22. The van der Waals surface area contributed by atoms with Crippen molar-refractivity contribution in [3.8, 4) is 22.6 Å². The Morgan fingerprint density at radius 3 is 2.49 bits per heavy atom. The molecule has 0 spiro atoms. The first-order valence-corrected chi connectivity index (χ1v) is 12.0. The highest BCUT2D eigenvalue weighted by molar-refractivity contribution is 5.64. The van der Waals surface area contributed by atoms with Crippen LogP contribution in [0.3, 0.4) is 0 Å². The smallest absolute Gasteiger partial charge is 0.162 e. The third-order valence-corrected chi connectivity index (χ3v) is 8.09. The molecule has 1 aromatic carbocycles. The lowest BCUT2D eigenvalue weighted by Gasteiger charge is -2.37. The summed E-state index contributed by atoms with van der Waals surface area (Å²) in [4.78, 5) is 17.6. The van der Waals surface area contributed by atoms with E-state index in [-0.39, 0.29) is 28.4 Å². The van der Waals surface area contributed by atoms with Crippen LogP contribution in [0, 0.1) is 17.0 Å². The first-order valence-electron chi connectivity index (χ1n) is 12.0. The molecule has 2 bridgehead atoms. The monoisotopic (exact) mass is 502 g/mol. The third-order valence-electron chi connectivity index (χ3n) is 8.09. The van der Waals surface area contributed by atoms with Gasteiger partial charge in [0.1, 0.15) is 17.7 Å². The molecule has 0 unspecified atom stereocenters. The van der Waals surface area contributed by atoms with Crippen LogP contribution in [0.4, 0.5) is 8.78 Å². The van der Waals surface area contributed by atoms with Crippen molar-refractivity contribution in [3.63, 3.8) is 0 Å². The Balaban J connectivity index is 1.45. The van der Waals surface area contributed by atoms with Gasteiger partial charge in [0.05, 0.1) is 40.2 Å². The minimum Gasteiger partial charge on any atom is -0.393 e. The highest BCUT2D eigenvalue weighted by Gasteiger charge is 2.65. The summed E-state index contributed by atoms with van der Waals surface area (Å²) >= 11 is 0. The van der Waals surface area contributed by atoms with Gasteiger partial charge in [0, 0.05) is 18.6 Å². The molecule has 1 fully saturated rings. The van der Waals surface area contributed by atoms with Gasteiger partial charge in [0.2, 0.25) is 0 Å². The number of hydrogen-bond acceptors (Lipinski definition) is 8. The summed E-state index contributed by atoms with van der Waals surface area (Å²) in [5.74, 6) is -0.698. The van der Waals surface area contributed by atoms with Crippen molar-refractivity contribution >= 4 is 0 Å². The maximum absolute atomic E-state index is 14.5. The molecule has 2 N–H and O–H groups in total. The number of nitrogens with zero attached hydrogens (tertiary/aromatic N) is 6. The van der Waals surface area contributed by atoms with Gasteiger partial charge in [-0.1, -0.05) is 19.9 Å². The van der Waals surface area contributed by atoms with Crippen LogP contribution in [0.5, 0.6) is 0 Å². The molecule has 3 heterocycles. The van der Waals surface area contributed by atoms with Crippen LogP contribution in [-0.4, -0.2) is 47.0 Å². The van der Waals surface area contributed by atoms with Crippen LogP contribution in [0.15, 0.2) is 48.9 Å². The minimum absolute atomic E-state index is 0.114. The molecule has 0 amide bonds. The van der Waals surface area contributed by atoms with Gasteiger partial charge in [0.15, 0.2) is 11.6 Å². The van der Waals surface area contributed by atoms with E-state index in [1.54, 1.807) is 12.3 Å². The molecule has 2 aliphatic rings. The lowest BCUT2D eigenvalue weighted by atomic mass is 9.66. The van der Waals surface area contributed by atoms with Gasteiger partial charge in [-0.05, 0) is 54.0 Å². The first kappa shape index (κ1) is 23.6. The summed E-state index contributed by atoms with van der Waals surface area (Å²) in [6, 6.07) is 7.41. The lowest BCUT2D eigenvalue weighted by molar-refractivity contribution is 0.0886. The Morgan fingerprint density at radius 2 is 1.78 bits per heavy atom. The quantitative estimate of drug-likeness (QED) is 0.422. The zero-order chi connectivity index (χ0) is 25.9. The molecule has 4 aromatic rings. The molecule has 10 heteroatoms. The van der Waals surface area contributed by atoms with Gasteiger partial charge >= 0.3 is 0 Å². The van der Waals surface area contributed by atoms with Crippen molar-refractivity contribution in [1.82, 2.24) is 30.1 Å². The Morgan fingerprint density at radius 1 is 1.05 bits per heavy atom. The maximum atomic E-state index is 14.5. The number of benzene rings is 1.